The van der Waals surface area contributed by atoms with E-state index in [-0.39, 0.29) is 17.0 Å². The standard InChI is InChI=1S/C12H18N2O3S/c1-14(2)18(15,16)12-5-3-10(4-6-12)17-11-7-9(13)8-11/h3-6,9,11H,7-8,13H2,1-2H3. The zero-order chi connectivity index (χ0) is 13.3. The van der Waals surface area contributed by atoms with E-state index in [0.717, 1.165) is 12.8 Å². The predicted octanol–water partition coefficient (Wildman–Crippen LogP) is 0.805. The van der Waals surface area contributed by atoms with E-state index in [0.29, 0.717) is 5.75 Å². The molecule has 0 heterocycles. The average molecular weight is 270 g/mol. The second-order valence-electron chi connectivity index (χ2n) is 4.73. The Morgan fingerprint density at radius 3 is 2.22 bits per heavy atom. The minimum Gasteiger partial charge on any atom is -0.490 e. The maximum atomic E-state index is 11.8. The Morgan fingerprint density at radius 2 is 1.78 bits per heavy atom. The molecule has 2 rings (SSSR count). The van der Waals surface area contributed by atoms with Gasteiger partial charge in [-0.15, -0.1) is 0 Å². The van der Waals surface area contributed by atoms with Crippen LogP contribution in [0.25, 0.3) is 0 Å². The molecule has 0 bridgehead atoms. The molecule has 1 aromatic rings. The Kier molecular flexibility index (Phi) is 3.61. The molecule has 0 unspecified atom stereocenters. The fraction of sp³-hybridized carbons (Fsp3) is 0.500. The third-order valence-electron chi connectivity index (χ3n) is 3.04. The number of hydrogen-bond acceptors (Lipinski definition) is 4. The van der Waals surface area contributed by atoms with Crippen molar-refractivity contribution in [2.75, 3.05) is 14.1 Å². The fourth-order valence-corrected chi connectivity index (χ4v) is 2.70. The van der Waals surface area contributed by atoms with Crippen molar-refractivity contribution in [3.8, 4) is 5.75 Å². The van der Waals surface area contributed by atoms with E-state index in [9.17, 15) is 8.42 Å². The molecule has 0 amide bonds. The van der Waals surface area contributed by atoms with Crippen LogP contribution in [-0.4, -0.2) is 39.0 Å². The van der Waals surface area contributed by atoms with E-state index in [1.165, 1.54) is 18.4 Å². The van der Waals surface area contributed by atoms with Gasteiger partial charge in [-0.1, -0.05) is 0 Å². The van der Waals surface area contributed by atoms with Gasteiger partial charge in [0.1, 0.15) is 11.9 Å². The highest BCUT2D eigenvalue weighted by Gasteiger charge is 2.27. The van der Waals surface area contributed by atoms with Crippen molar-refractivity contribution in [2.24, 2.45) is 5.73 Å². The van der Waals surface area contributed by atoms with Crippen LogP contribution in [0.2, 0.25) is 0 Å². The smallest absolute Gasteiger partial charge is 0.242 e. The second-order valence-corrected chi connectivity index (χ2v) is 6.88. The van der Waals surface area contributed by atoms with Crippen LogP contribution in [0, 0.1) is 0 Å². The zero-order valence-corrected chi connectivity index (χ0v) is 11.4. The van der Waals surface area contributed by atoms with E-state index >= 15 is 0 Å². The lowest BCUT2D eigenvalue weighted by atomic mass is 9.90. The van der Waals surface area contributed by atoms with Crippen LogP contribution >= 0.6 is 0 Å². The lowest BCUT2D eigenvalue weighted by Crippen LogP contribution is -2.43. The summed E-state index contributed by atoms with van der Waals surface area (Å²) >= 11 is 0. The molecule has 0 aliphatic heterocycles. The van der Waals surface area contributed by atoms with Crippen LogP contribution in [0.3, 0.4) is 0 Å². The molecule has 5 nitrogen and oxygen atoms in total. The number of benzene rings is 1. The normalized spacial score (nSPS) is 23.8. The highest BCUT2D eigenvalue weighted by Crippen LogP contribution is 2.25. The van der Waals surface area contributed by atoms with E-state index < -0.39 is 10.0 Å². The summed E-state index contributed by atoms with van der Waals surface area (Å²) in [6, 6.07) is 6.72. The molecule has 0 spiro atoms. The van der Waals surface area contributed by atoms with Gasteiger partial charge in [-0.25, -0.2) is 12.7 Å². The van der Waals surface area contributed by atoms with Crippen molar-refractivity contribution in [1.82, 2.24) is 4.31 Å². The molecule has 0 aromatic heterocycles. The number of sulfonamides is 1. The van der Waals surface area contributed by atoms with Crippen molar-refractivity contribution in [1.29, 1.82) is 0 Å². The Bertz CT molecular complexity index is 505. The van der Waals surface area contributed by atoms with Gasteiger partial charge in [-0.3, -0.25) is 0 Å². The monoisotopic (exact) mass is 270 g/mol. The molecular formula is C12H18N2O3S. The van der Waals surface area contributed by atoms with Gasteiger partial charge >= 0.3 is 0 Å². The Morgan fingerprint density at radius 1 is 1.22 bits per heavy atom. The topological polar surface area (TPSA) is 72.6 Å². The number of nitrogens with two attached hydrogens (primary N) is 1. The quantitative estimate of drug-likeness (QED) is 0.878. The van der Waals surface area contributed by atoms with Crippen molar-refractivity contribution < 1.29 is 13.2 Å². The van der Waals surface area contributed by atoms with E-state index in [1.807, 2.05) is 0 Å². The first kappa shape index (κ1) is 13.3. The molecule has 2 N–H and O–H groups in total. The van der Waals surface area contributed by atoms with Gasteiger partial charge in [0.15, 0.2) is 0 Å². The van der Waals surface area contributed by atoms with Crippen LogP contribution < -0.4 is 10.5 Å². The molecule has 1 saturated carbocycles. The third kappa shape index (κ3) is 2.66. The number of ether oxygens (including phenoxy) is 1. The minimum atomic E-state index is -3.36. The molecule has 1 aromatic carbocycles. The largest absolute Gasteiger partial charge is 0.490 e. The molecule has 0 atom stereocenters. The van der Waals surface area contributed by atoms with Gasteiger partial charge < -0.3 is 10.5 Å². The minimum absolute atomic E-state index is 0.163. The first-order chi connectivity index (χ1) is 8.39. The molecule has 1 fully saturated rings. The van der Waals surface area contributed by atoms with Gasteiger partial charge in [-0.05, 0) is 37.1 Å². The number of nitrogens with zero attached hydrogens (tertiary/aromatic N) is 1. The Hall–Kier alpha value is -1.11. The SMILES string of the molecule is CN(C)S(=O)(=O)c1ccc(OC2CC(N)C2)cc1. The molecule has 6 heteroatoms. The summed E-state index contributed by atoms with van der Waals surface area (Å²) in [6.07, 6.45) is 1.88. The third-order valence-corrected chi connectivity index (χ3v) is 4.87. The zero-order valence-electron chi connectivity index (χ0n) is 10.5. The van der Waals surface area contributed by atoms with Gasteiger partial charge in [0.2, 0.25) is 10.0 Å². The Labute approximate surface area is 108 Å². The maximum absolute atomic E-state index is 11.8. The lowest BCUT2D eigenvalue weighted by molar-refractivity contribution is 0.101. The lowest BCUT2D eigenvalue weighted by Gasteiger charge is -2.32. The summed E-state index contributed by atoms with van der Waals surface area (Å²) in [5.41, 5.74) is 5.67. The molecule has 0 saturated heterocycles. The summed E-state index contributed by atoms with van der Waals surface area (Å²) in [4.78, 5) is 0.269. The number of rotatable bonds is 4. The second kappa shape index (κ2) is 4.87. The van der Waals surface area contributed by atoms with Gasteiger partial charge in [0.25, 0.3) is 0 Å². The van der Waals surface area contributed by atoms with E-state index in [4.69, 9.17) is 10.5 Å². The summed E-state index contributed by atoms with van der Waals surface area (Å²) < 4.78 is 30.5. The summed E-state index contributed by atoms with van der Waals surface area (Å²) in [7, 11) is -0.346. The van der Waals surface area contributed by atoms with Crippen LogP contribution in [0.15, 0.2) is 29.2 Å². The number of hydrogen-bond donors (Lipinski definition) is 1. The fourth-order valence-electron chi connectivity index (χ4n) is 1.80. The van der Waals surface area contributed by atoms with Gasteiger partial charge in [-0.2, -0.15) is 0 Å². The molecule has 100 valence electrons. The van der Waals surface area contributed by atoms with Gasteiger partial charge in [0, 0.05) is 20.1 Å². The molecule has 1 aliphatic carbocycles. The maximum Gasteiger partial charge on any atom is 0.242 e. The van der Waals surface area contributed by atoms with Crippen molar-refractivity contribution in [3.05, 3.63) is 24.3 Å². The first-order valence-electron chi connectivity index (χ1n) is 5.84. The van der Waals surface area contributed by atoms with E-state index in [2.05, 4.69) is 0 Å². The molecule has 0 radical (unpaired) electrons. The van der Waals surface area contributed by atoms with Crippen LogP contribution in [0.4, 0.5) is 0 Å². The molecule has 18 heavy (non-hydrogen) atoms. The molecule has 1 aliphatic rings. The molecular weight excluding hydrogens is 252 g/mol. The van der Waals surface area contributed by atoms with E-state index in [1.54, 1.807) is 24.3 Å². The predicted molar refractivity (Wildman–Crippen MR) is 68.9 cm³/mol. The van der Waals surface area contributed by atoms with Crippen molar-refractivity contribution >= 4 is 10.0 Å². The van der Waals surface area contributed by atoms with Crippen molar-refractivity contribution in [3.63, 3.8) is 0 Å². The average Bonchev–Trinajstić information content (AvgIpc) is 2.27. The van der Waals surface area contributed by atoms with Crippen LogP contribution in [0.1, 0.15) is 12.8 Å². The van der Waals surface area contributed by atoms with Crippen LogP contribution in [0.5, 0.6) is 5.75 Å². The first-order valence-corrected chi connectivity index (χ1v) is 7.28. The highest BCUT2D eigenvalue weighted by molar-refractivity contribution is 7.89. The van der Waals surface area contributed by atoms with Gasteiger partial charge in [0.05, 0.1) is 4.90 Å². The van der Waals surface area contributed by atoms with Crippen LogP contribution in [-0.2, 0) is 10.0 Å². The summed E-state index contributed by atoms with van der Waals surface area (Å²) in [6.45, 7) is 0. The summed E-state index contributed by atoms with van der Waals surface area (Å²) in [5.74, 6) is 0.685. The Balaban J connectivity index is 2.06. The van der Waals surface area contributed by atoms with Crippen molar-refractivity contribution in [2.45, 2.75) is 29.9 Å². The highest BCUT2D eigenvalue weighted by atomic mass is 32.2. The summed E-state index contributed by atoms with van der Waals surface area (Å²) in [5, 5.41) is 0.